The zero-order chi connectivity index (χ0) is 19.7. The molecule has 2 aliphatic heterocycles. The first-order chi connectivity index (χ1) is 13.6. The zero-order valence-corrected chi connectivity index (χ0v) is 16.9. The van der Waals surface area contributed by atoms with E-state index < -0.39 is 0 Å². The molecule has 2 atom stereocenters. The SMILES string of the molecule is CNN1CCC[C@@H](c2cc3c(cc2OC)CCC(=O)N3C)[C@H]1c1ccccc1. The maximum absolute atomic E-state index is 12.3. The summed E-state index contributed by atoms with van der Waals surface area (Å²) in [5.74, 6) is 1.41. The van der Waals surface area contributed by atoms with Crippen LogP contribution in [0.4, 0.5) is 5.69 Å². The van der Waals surface area contributed by atoms with E-state index >= 15 is 0 Å². The van der Waals surface area contributed by atoms with Gasteiger partial charge in [-0.2, -0.15) is 0 Å². The summed E-state index contributed by atoms with van der Waals surface area (Å²) in [5, 5.41) is 2.33. The van der Waals surface area contributed by atoms with E-state index in [0.29, 0.717) is 6.42 Å². The van der Waals surface area contributed by atoms with Crippen molar-refractivity contribution in [2.24, 2.45) is 0 Å². The maximum atomic E-state index is 12.3. The number of fused-ring (bicyclic) bond motifs is 1. The Hall–Kier alpha value is -2.37. The lowest BCUT2D eigenvalue weighted by molar-refractivity contribution is -0.118. The highest BCUT2D eigenvalue weighted by Gasteiger charge is 2.36. The summed E-state index contributed by atoms with van der Waals surface area (Å²) in [6, 6.07) is 15.2. The van der Waals surface area contributed by atoms with E-state index in [-0.39, 0.29) is 17.9 Å². The van der Waals surface area contributed by atoms with Crippen molar-refractivity contribution in [2.75, 3.05) is 32.6 Å². The van der Waals surface area contributed by atoms with E-state index in [9.17, 15) is 4.79 Å². The number of amides is 1. The number of hydrogen-bond donors (Lipinski definition) is 1. The van der Waals surface area contributed by atoms with Crippen molar-refractivity contribution in [2.45, 2.75) is 37.6 Å². The second-order valence-electron chi connectivity index (χ2n) is 7.70. The predicted molar refractivity (Wildman–Crippen MR) is 112 cm³/mol. The number of piperidine rings is 1. The lowest BCUT2D eigenvalue weighted by Crippen LogP contribution is -2.45. The summed E-state index contributed by atoms with van der Waals surface area (Å²) >= 11 is 0. The average molecular weight is 380 g/mol. The molecule has 0 saturated carbocycles. The summed E-state index contributed by atoms with van der Waals surface area (Å²) in [5.41, 5.74) is 8.11. The number of rotatable bonds is 4. The molecule has 5 heteroatoms. The smallest absolute Gasteiger partial charge is 0.227 e. The van der Waals surface area contributed by atoms with E-state index in [4.69, 9.17) is 4.74 Å². The third-order valence-electron chi connectivity index (χ3n) is 6.23. The number of aryl methyl sites for hydroxylation is 1. The number of anilines is 1. The number of carbonyl (C=O) groups is 1. The van der Waals surface area contributed by atoms with Crippen LogP contribution in [-0.2, 0) is 11.2 Å². The number of methoxy groups -OCH3 is 1. The number of ether oxygens (including phenoxy) is 1. The topological polar surface area (TPSA) is 44.8 Å². The van der Waals surface area contributed by atoms with Crippen molar-refractivity contribution >= 4 is 11.6 Å². The lowest BCUT2D eigenvalue weighted by Gasteiger charge is -2.42. The molecule has 2 heterocycles. The molecule has 1 N–H and O–H groups in total. The van der Waals surface area contributed by atoms with E-state index in [2.05, 4.69) is 52.9 Å². The van der Waals surface area contributed by atoms with Gasteiger partial charge in [-0.3, -0.25) is 10.2 Å². The molecular weight excluding hydrogens is 350 g/mol. The largest absolute Gasteiger partial charge is 0.496 e. The minimum atomic E-state index is 0.184. The Balaban J connectivity index is 1.82. The molecule has 2 aromatic carbocycles. The van der Waals surface area contributed by atoms with Crippen molar-refractivity contribution in [3.63, 3.8) is 0 Å². The highest BCUT2D eigenvalue weighted by molar-refractivity contribution is 5.96. The van der Waals surface area contributed by atoms with Crippen molar-refractivity contribution in [3.05, 3.63) is 59.2 Å². The molecule has 0 bridgehead atoms. The Labute approximate surface area is 167 Å². The van der Waals surface area contributed by atoms with Crippen LogP contribution in [0.2, 0.25) is 0 Å². The number of hydrogen-bond acceptors (Lipinski definition) is 4. The molecule has 2 aliphatic rings. The fourth-order valence-electron chi connectivity index (χ4n) is 4.78. The van der Waals surface area contributed by atoms with Crippen LogP contribution in [0, 0.1) is 0 Å². The van der Waals surface area contributed by atoms with Gasteiger partial charge in [0.05, 0.1) is 13.2 Å². The van der Waals surface area contributed by atoms with Gasteiger partial charge in [-0.25, -0.2) is 5.01 Å². The van der Waals surface area contributed by atoms with Gasteiger partial charge < -0.3 is 9.64 Å². The minimum Gasteiger partial charge on any atom is -0.496 e. The lowest BCUT2D eigenvalue weighted by atomic mass is 9.79. The summed E-state index contributed by atoms with van der Waals surface area (Å²) in [4.78, 5) is 14.1. The van der Waals surface area contributed by atoms with Gasteiger partial charge in [-0.15, -0.1) is 0 Å². The normalized spacial score (nSPS) is 22.8. The Morgan fingerprint density at radius 1 is 1.14 bits per heavy atom. The quantitative estimate of drug-likeness (QED) is 0.881. The molecule has 0 aromatic heterocycles. The molecule has 1 saturated heterocycles. The number of nitrogens with zero attached hydrogens (tertiary/aromatic N) is 2. The van der Waals surface area contributed by atoms with Crippen molar-refractivity contribution < 1.29 is 9.53 Å². The van der Waals surface area contributed by atoms with Gasteiger partial charge in [0.25, 0.3) is 0 Å². The third kappa shape index (κ3) is 3.29. The summed E-state index contributed by atoms with van der Waals surface area (Å²) in [7, 11) is 5.63. The Kier molecular flexibility index (Phi) is 5.38. The zero-order valence-electron chi connectivity index (χ0n) is 16.9. The first kappa shape index (κ1) is 19.0. The van der Waals surface area contributed by atoms with Gasteiger partial charge in [0, 0.05) is 37.2 Å². The fourth-order valence-corrected chi connectivity index (χ4v) is 4.78. The average Bonchev–Trinajstić information content (AvgIpc) is 2.75. The van der Waals surface area contributed by atoms with Crippen LogP contribution >= 0.6 is 0 Å². The van der Waals surface area contributed by atoms with Crippen LogP contribution in [-0.4, -0.2) is 38.7 Å². The minimum absolute atomic E-state index is 0.184. The van der Waals surface area contributed by atoms with E-state index in [1.54, 1.807) is 12.0 Å². The van der Waals surface area contributed by atoms with Crippen LogP contribution in [0.15, 0.2) is 42.5 Å². The maximum Gasteiger partial charge on any atom is 0.227 e. The molecule has 4 rings (SSSR count). The Morgan fingerprint density at radius 2 is 1.93 bits per heavy atom. The first-order valence-electron chi connectivity index (χ1n) is 10.1. The molecular formula is C23H29N3O2. The highest BCUT2D eigenvalue weighted by Crippen LogP contribution is 2.47. The molecule has 1 fully saturated rings. The molecule has 0 radical (unpaired) electrons. The monoisotopic (exact) mass is 379 g/mol. The van der Waals surface area contributed by atoms with Gasteiger partial charge in [-0.1, -0.05) is 30.3 Å². The molecule has 1 amide bonds. The highest BCUT2D eigenvalue weighted by atomic mass is 16.5. The molecule has 0 unspecified atom stereocenters. The van der Waals surface area contributed by atoms with Crippen molar-refractivity contribution in [1.82, 2.24) is 10.4 Å². The second-order valence-corrected chi connectivity index (χ2v) is 7.70. The molecule has 148 valence electrons. The molecule has 0 spiro atoms. The molecule has 2 aromatic rings. The van der Waals surface area contributed by atoms with Gasteiger partial charge in [0.2, 0.25) is 5.91 Å². The van der Waals surface area contributed by atoms with Crippen molar-refractivity contribution in [3.8, 4) is 5.75 Å². The van der Waals surface area contributed by atoms with Gasteiger partial charge in [0.1, 0.15) is 5.75 Å². The van der Waals surface area contributed by atoms with E-state index in [1.807, 2.05) is 14.1 Å². The van der Waals surface area contributed by atoms with Crippen LogP contribution in [0.5, 0.6) is 5.75 Å². The molecule has 28 heavy (non-hydrogen) atoms. The van der Waals surface area contributed by atoms with Crippen LogP contribution in [0.25, 0.3) is 0 Å². The third-order valence-corrected chi connectivity index (χ3v) is 6.23. The first-order valence-corrected chi connectivity index (χ1v) is 10.1. The van der Waals surface area contributed by atoms with Gasteiger partial charge in [-0.05, 0) is 49.6 Å². The predicted octanol–water partition coefficient (Wildman–Crippen LogP) is 3.66. The van der Waals surface area contributed by atoms with Gasteiger partial charge in [0.15, 0.2) is 0 Å². The van der Waals surface area contributed by atoms with Gasteiger partial charge >= 0.3 is 0 Å². The standard InChI is InChI=1S/C23H29N3O2/c1-24-26-13-7-10-18(23(26)16-8-5-4-6-9-16)19-15-20-17(14-21(19)28-3)11-12-22(27)25(20)2/h4-6,8-9,14-15,18,23-24H,7,10-13H2,1-3H3/t18-,23+/m0/s1. The Bertz CT molecular complexity index is 852. The van der Waals surface area contributed by atoms with Crippen LogP contribution in [0.1, 0.15) is 47.9 Å². The molecule has 5 nitrogen and oxygen atoms in total. The van der Waals surface area contributed by atoms with Crippen LogP contribution in [0.3, 0.4) is 0 Å². The van der Waals surface area contributed by atoms with Crippen LogP contribution < -0.4 is 15.1 Å². The number of hydrazine groups is 1. The number of carbonyl (C=O) groups excluding carboxylic acids is 1. The second kappa shape index (κ2) is 7.94. The summed E-state index contributed by atoms with van der Waals surface area (Å²) < 4.78 is 5.84. The van der Waals surface area contributed by atoms with E-state index in [1.165, 1.54) is 16.7 Å². The molecule has 0 aliphatic carbocycles. The number of nitrogens with one attached hydrogen (secondary N) is 1. The van der Waals surface area contributed by atoms with Crippen molar-refractivity contribution in [1.29, 1.82) is 0 Å². The summed E-state index contributed by atoms with van der Waals surface area (Å²) in [6.07, 6.45) is 3.55. The Morgan fingerprint density at radius 3 is 2.64 bits per heavy atom. The van der Waals surface area contributed by atoms with E-state index in [0.717, 1.165) is 37.2 Å². The summed E-state index contributed by atoms with van der Waals surface area (Å²) in [6.45, 7) is 1.01. The fraction of sp³-hybridized carbons (Fsp3) is 0.435. The number of benzene rings is 2.